The molecule has 0 atom stereocenters. The molecule has 20 heavy (non-hydrogen) atoms. The number of likely N-dealkylation sites (tertiary alicyclic amines) is 1. The third-order valence-corrected chi connectivity index (χ3v) is 4.00. The molecule has 1 fully saturated rings. The van der Waals surface area contributed by atoms with E-state index < -0.39 is 0 Å². The molecule has 1 aromatic rings. The topological polar surface area (TPSA) is 39.3 Å². The Morgan fingerprint density at radius 3 is 2.30 bits per heavy atom. The first-order valence-corrected chi connectivity index (χ1v) is 7.61. The lowest BCUT2D eigenvalue weighted by atomic mass is 10.1. The van der Waals surface area contributed by atoms with Gasteiger partial charge >= 0.3 is 0 Å². The highest BCUT2D eigenvalue weighted by atomic mass is 15.3. The van der Waals surface area contributed by atoms with Gasteiger partial charge < -0.3 is 10.6 Å². The van der Waals surface area contributed by atoms with E-state index in [1.54, 1.807) is 0 Å². The van der Waals surface area contributed by atoms with E-state index in [0.29, 0.717) is 0 Å². The number of rotatable bonds is 5. The molecule has 2 aliphatic rings. The van der Waals surface area contributed by atoms with E-state index in [1.165, 1.54) is 43.5 Å². The van der Waals surface area contributed by atoms with Gasteiger partial charge in [0.15, 0.2) is 6.29 Å². The van der Waals surface area contributed by atoms with Crippen molar-refractivity contribution in [2.24, 2.45) is 0 Å². The molecule has 0 saturated carbocycles. The number of hydrogen-bond acceptors (Lipinski definition) is 4. The normalized spacial score (nSPS) is 19.8. The van der Waals surface area contributed by atoms with Gasteiger partial charge in [-0.05, 0) is 37.1 Å². The first-order valence-electron chi connectivity index (χ1n) is 7.61. The largest absolute Gasteiger partial charge is 0.358 e. The van der Waals surface area contributed by atoms with Crippen LogP contribution in [-0.2, 0) is 13.1 Å². The molecule has 3 N–H and O–H groups in total. The van der Waals surface area contributed by atoms with Gasteiger partial charge in [0.1, 0.15) is 0 Å². The molecular weight excluding hydrogens is 248 g/mol. The van der Waals surface area contributed by atoms with Crippen molar-refractivity contribution in [3.8, 4) is 0 Å². The summed E-state index contributed by atoms with van der Waals surface area (Å²) >= 11 is 0. The summed E-state index contributed by atoms with van der Waals surface area (Å²) in [5.41, 5.74) is 2.75. The molecule has 0 amide bonds. The third kappa shape index (κ3) is 3.74. The standard InChI is InChI=1S/C16H24N4/c1-2-10-20(11-3-1)13-15-6-4-14(5-7-15)12-19-16-17-8-9-18-16/h4-9,16-19H,1-3,10-13H2. The molecule has 4 nitrogen and oxygen atoms in total. The van der Waals surface area contributed by atoms with Crippen LogP contribution in [0.3, 0.4) is 0 Å². The van der Waals surface area contributed by atoms with Gasteiger partial charge in [-0.2, -0.15) is 0 Å². The molecular formula is C16H24N4. The summed E-state index contributed by atoms with van der Waals surface area (Å²) in [5.74, 6) is 0. The zero-order valence-electron chi connectivity index (χ0n) is 11.9. The molecule has 108 valence electrons. The molecule has 4 heteroatoms. The van der Waals surface area contributed by atoms with Crippen molar-refractivity contribution in [3.05, 3.63) is 47.8 Å². The lowest BCUT2D eigenvalue weighted by Gasteiger charge is -2.26. The Balaban J connectivity index is 1.46. The fourth-order valence-corrected chi connectivity index (χ4v) is 2.81. The second-order valence-corrected chi connectivity index (χ2v) is 5.63. The minimum absolute atomic E-state index is 0.156. The van der Waals surface area contributed by atoms with Gasteiger partial charge in [0.05, 0.1) is 0 Å². The molecule has 0 bridgehead atoms. The fourth-order valence-electron chi connectivity index (χ4n) is 2.81. The van der Waals surface area contributed by atoms with Crippen LogP contribution in [0.5, 0.6) is 0 Å². The van der Waals surface area contributed by atoms with Crippen LogP contribution >= 0.6 is 0 Å². The molecule has 0 aromatic heterocycles. The maximum atomic E-state index is 3.40. The number of piperidine rings is 1. The maximum absolute atomic E-state index is 3.40. The second kappa shape index (κ2) is 6.77. The van der Waals surface area contributed by atoms with E-state index in [4.69, 9.17) is 0 Å². The molecule has 3 rings (SSSR count). The first-order chi connectivity index (χ1) is 9.90. The van der Waals surface area contributed by atoms with Crippen LogP contribution in [0.2, 0.25) is 0 Å². The highest BCUT2D eigenvalue weighted by molar-refractivity contribution is 5.22. The summed E-state index contributed by atoms with van der Waals surface area (Å²) in [6.45, 7) is 4.49. The van der Waals surface area contributed by atoms with E-state index in [1.807, 2.05) is 12.4 Å². The summed E-state index contributed by atoms with van der Waals surface area (Å²) in [6.07, 6.45) is 8.11. The van der Waals surface area contributed by atoms with Crippen molar-refractivity contribution in [1.82, 2.24) is 20.9 Å². The van der Waals surface area contributed by atoms with Gasteiger partial charge in [0.25, 0.3) is 0 Å². The molecule has 0 aliphatic carbocycles. The Bertz CT molecular complexity index is 426. The van der Waals surface area contributed by atoms with Crippen LogP contribution in [0.15, 0.2) is 36.7 Å². The predicted octanol–water partition coefficient (Wildman–Crippen LogP) is 1.71. The fraction of sp³-hybridized carbons (Fsp3) is 0.500. The van der Waals surface area contributed by atoms with Crippen LogP contribution in [0.25, 0.3) is 0 Å². The smallest absolute Gasteiger partial charge is 0.152 e. The van der Waals surface area contributed by atoms with Crippen molar-refractivity contribution in [3.63, 3.8) is 0 Å². The molecule has 2 heterocycles. The number of benzene rings is 1. The Kier molecular flexibility index (Phi) is 4.56. The van der Waals surface area contributed by atoms with Gasteiger partial charge in [-0.3, -0.25) is 10.2 Å². The van der Waals surface area contributed by atoms with Gasteiger partial charge in [-0.15, -0.1) is 0 Å². The molecule has 1 aromatic carbocycles. The van der Waals surface area contributed by atoms with Gasteiger partial charge in [-0.1, -0.05) is 30.7 Å². The lowest BCUT2D eigenvalue weighted by molar-refractivity contribution is 0.221. The second-order valence-electron chi connectivity index (χ2n) is 5.63. The summed E-state index contributed by atoms with van der Waals surface area (Å²) in [5, 5.41) is 9.77. The van der Waals surface area contributed by atoms with Gasteiger partial charge in [-0.25, -0.2) is 0 Å². The zero-order chi connectivity index (χ0) is 13.6. The van der Waals surface area contributed by atoms with E-state index in [2.05, 4.69) is 45.1 Å². The predicted molar refractivity (Wildman–Crippen MR) is 81.6 cm³/mol. The summed E-state index contributed by atoms with van der Waals surface area (Å²) in [7, 11) is 0. The summed E-state index contributed by atoms with van der Waals surface area (Å²) in [6, 6.07) is 8.99. The van der Waals surface area contributed by atoms with Crippen LogP contribution in [0, 0.1) is 0 Å². The van der Waals surface area contributed by atoms with Crippen LogP contribution in [-0.4, -0.2) is 24.3 Å². The molecule has 0 unspecified atom stereocenters. The Labute approximate surface area is 121 Å². The van der Waals surface area contributed by atoms with Crippen LogP contribution in [0.1, 0.15) is 30.4 Å². The van der Waals surface area contributed by atoms with Crippen LogP contribution < -0.4 is 16.0 Å². The average molecular weight is 272 g/mol. The highest BCUT2D eigenvalue weighted by Crippen LogP contribution is 2.13. The summed E-state index contributed by atoms with van der Waals surface area (Å²) in [4.78, 5) is 2.56. The van der Waals surface area contributed by atoms with E-state index >= 15 is 0 Å². The van der Waals surface area contributed by atoms with Crippen molar-refractivity contribution in [2.75, 3.05) is 13.1 Å². The van der Waals surface area contributed by atoms with Crippen molar-refractivity contribution >= 4 is 0 Å². The third-order valence-electron chi connectivity index (χ3n) is 4.00. The molecule has 1 saturated heterocycles. The van der Waals surface area contributed by atoms with E-state index in [0.717, 1.165) is 13.1 Å². The average Bonchev–Trinajstić information content (AvgIpc) is 3.01. The van der Waals surface area contributed by atoms with Crippen molar-refractivity contribution < 1.29 is 0 Å². The maximum Gasteiger partial charge on any atom is 0.152 e. The Hall–Kier alpha value is -1.52. The van der Waals surface area contributed by atoms with Crippen molar-refractivity contribution in [1.29, 1.82) is 0 Å². The van der Waals surface area contributed by atoms with E-state index in [-0.39, 0.29) is 6.29 Å². The summed E-state index contributed by atoms with van der Waals surface area (Å²) < 4.78 is 0. The quantitative estimate of drug-likeness (QED) is 0.763. The Morgan fingerprint density at radius 2 is 1.60 bits per heavy atom. The number of hydrogen-bond donors (Lipinski definition) is 3. The molecule has 0 radical (unpaired) electrons. The van der Waals surface area contributed by atoms with E-state index in [9.17, 15) is 0 Å². The van der Waals surface area contributed by atoms with Crippen molar-refractivity contribution in [2.45, 2.75) is 38.6 Å². The number of nitrogens with zero attached hydrogens (tertiary/aromatic N) is 1. The van der Waals surface area contributed by atoms with Gasteiger partial charge in [0, 0.05) is 25.5 Å². The highest BCUT2D eigenvalue weighted by Gasteiger charge is 2.10. The first kappa shape index (κ1) is 13.5. The lowest BCUT2D eigenvalue weighted by Crippen LogP contribution is -2.44. The minimum atomic E-state index is 0.156. The SMILES string of the molecule is C1=CNC(NCc2ccc(CN3CCCCC3)cc2)N1. The van der Waals surface area contributed by atoms with Gasteiger partial charge in [0.2, 0.25) is 0 Å². The Morgan fingerprint density at radius 1 is 0.950 bits per heavy atom. The monoisotopic (exact) mass is 272 g/mol. The molecule has 0 spiro atoms. The van der Waals surface area contributed by atoms with Crippen LogP contribution in [0.4, 0.5) is 0 Å². The minimum Gasteiger partial charge on any atom is -0.358 e. The number of nitrogens with one attached hydrogen (secondary N) is 3. The zero-order valence-corrected chi connectivity index (χ0v) is 11.9. The molecule has 2 aliphatic heterocycles.